The number of nitrogens with zero attached hydrogens (tertiary/aromatic N) is 1. The van der Waals surface area contributed by atoms with E-state index in [9.17, 15) is 4.79 Å². The third kappa shape index (κ3) is 4.66. The number of amides is 1. The van der Waals surface area contributed by atoms with E-state index in [1.54, 1.807) is 0 Å². The number of carbonyl (C=O) groups is 1. The zero-order valence-corrected chi connectivity index (χ0v) is 13.9. The van der Waals surface area contributed by atoms with Crippen LogP contribution in [-0.4, -0.2) is 47.0 Å². The van der Waals surface area contributed by atoms with E-state index < -0.39 is 0 Å². The van der Waals surface area contributed by atoms with Gasteiger partial charge in [0.1, 0.15) is 0 Å². The van der Waals surface area contributed by atoms with Crippen LogP contribution in [0.5, 0.6) is 0 Å². The van der Waals surface area contributed by atoms with E-state index >= 15 is 0 Å². The molecule has 1 aliphatic heterocycles. The van der Waals surface area contributed by atoms with Crippen molar-refractivity contribution in [2.45, 2.75) is 76.1 Å². The quantitative estimate of drug-likeness (QED) is 0.847. The Bertz CT molecular complexity index is 303. The van der Waals surface area contributed by atoms with Gasteiger partial charge in [-0.15, -0.1) is 0 Å². The third-order valence-electron chi connectivity index (χ3n) is 4.56. The summed E-state index contributed by atoms with van der Waals surface area (Å²) in [5.74, 6) is 1.53. The molecular formula is C16H30N2OS. The maximum atomic E-state index is 12.5. The van der Waals surface area contributed by atoms with Crippen molar-refractivity contribution in [2.75, 3.05) is 18.8 Å². The van der Waals surface area contributed by atoms with E-state index in [1.807, 2.05) is 6.92 Å². The van der Waals surface area contributed by atoms with Crippen LogP contribution < -0.4 is 5.32 Å². The summed E-state index contributed by atoms with van der Waals surface area (Å²) < 4.78 is 0. The first-order chi connectivity index (χ1) is 9.70. The molecule has 2 aliphatic rings. The highest BCUT2D eigenvalue weighted by Gasteiger charge is 2.28. The van der Waals surface area contributed by atoms with E-state index in [0.29, 0.717) is 11.9 Å². The molecule has 0 spiro atoms. The lowest BCUT2D eigenvalue weighted by Gasteiger charge is -2.26. The zero-order chi connectivity index (χ0) is 14.4. The van der Waals surface area contributed by atoms with Gasteiger partial charge in [0, 0.05) is 24.4 Å². The van der Waals surface area contributed by atoms with Crippen molar-refractivity contribution in [3.63, 3.8) is 0 Å². The van der Waals surface area contributed by atoms with Crippen LogP contribution in [0.4, 0.5) is 0 Å². The number of likely N-dealkylation sites (tertiary alicyclic amines) is 1. The van der Waals surface area contributed by atoms with E-state index in [2.05, 4.69) is 28.9 Å². The van der Waals surface area contributed by atoms with Crippen LogP contribution in [-0.2, 0) is 4.79 Å². The second kappa shape index (κ2) is 8.28. The van der Waals surface area contributed by atoms with Gasteiger partial charge in [0.05, 0.1) is 6.04 Å². The van der Waals surface area contributed by atoms with Crippen LogP contribution >= 0.6 is 11.8 Å². The van der Waals surface area contributed by atoms with Gasteiger partial charge in [-0.3, -0.25) is 4.79 Å². The van der Waals surface area contributed by atoms with Gasteiger partial charge >= 0.3 is 0 Å². The Morgan fingerprint density at radius 3 is 2.60 bits per heavy atom. The van der Waals surface area contributed by atoms with Crippen LogP contribution in [0.15, 0.2) is 0 Å². The van der Waals surface area contributed by atoms with E-state index in [1.165, 1.54) is 50.7 Å². The van der Waals surface area contributed by atoms with Gasteiger partial charge in [0.15, 0.2) is 0 Å². The summed E-state index contributed by atoms with van der Waals surface area (Å²) in [7, 11) is 0. The summed E-state index contributed by atoms with van der Waals surface area (Å²) in [5, 5.41) is 4.38. The summed E-state index contributed by atoms with van der Waals surface area (Å²) >= 11 is 2.07. The Kier molecular flexibility index (Phi) is 6.69. The molecule has 0 aromatic carbocycles. The zero-order valence-electron chi connectivity index (χ0n) is 13.1. The predicted molar refractivity (Wildman–Crippen MR) is 87.2 cm³/mol. The average Bonchev–Trinajstić information content (AvgIpc) is 2.72. The van der Waals surface area contributed by atoms with Gasteiger partial charge in [0.25, 0.3) is 0 Å². The van der Waals surface area contributed by atoms with Gasteiger partial charge in [-0.25, -0.2) is 0 Å². The molecule has 3 nitrogen and oxygen atoms in total. The minimum Gasteiger partial charge on any atom is -0.341 e. The molecule has 3 unspecified atom stereocenters. The minimum atomic E-state index is -0.0107. The van der Waals surface area contributed by atoms with Gasteiger partial charge in [-0.05, 0) is 44.8 Å². The summed E-state index contributed by atoms with van der Waals surface area (Å²) in [6, 6.07) is 0.536. The van der Waals surface area contributed by atoms with Crippen LogP contribution in [0.1, 0.15) is 58.8 Å². The average molecular weight is 298 g/mol. The first-order valence-electron chi connectivity index (χ1n) is 8.37. The second-order valence-electron chi connectivity index (χ2n) is 6.22. The molecule has 2 rings (SSSR count). The van der Waals surface area contributed by atoms with E-state index in [-0.39, 0.29) is 6.04 Å². The van der Waals surface area contributed by atoms with Crippen molar-refractivity contribution in [2.24, 2.45) is 0 Å². The fourth-order valence-electron chi connectivity index (χ4n) is 3.47. The van der Waals surface area contributed by atoms with Crippen molar-refractivity contribution in [1.82, 2.24) is 10.2 Å². The van der Waals surface area contributed by atoms with Crippen molar-refractivity contribution >= 4 is 17.7 Å². The normalized spacial score (nSPS) is 29.2. The minimum absolute atomic E-state index is 0.0107. The Balaban J connectivity index is 1.76. The fourth-order valence-corrected chi connectivity index (χ4v) is 4.61. The molecule has 1 heterocycles. The lowest BCUT2D eigenvalue weighted by atomic mass is 10.2. The second-order valence-corrected chi connectivity index (χ2v) is 7.79. The van der Waals surface area contributed by atoms with Crippen molar-refractivity contribution in [3.8, 4) is 0 Å². The Morgan fingerprint density at radius 2 is 1.95 bits per heavy atom. The highest BCUT2D eigenvalue weighted by Crippen LogP contribution is 2.30. The van der Waals surface area contributed by atoms with Crippen molar-refractivity contribution < 1.29 is 4.79 Å². The van der Waals surface area contributed by atoms with Crippen molar-refractivity contribution in [3.05, 3.63) is 0 Å². The van der Waals surface area contributed by atoms with Gasteiger partial charge in [-0.1, -0.05) is 19.8 Å². The smallest absolute Gasteiger partial charge is 0.239 e. The summed E-state index contributed by atoms with van der Waals surface area (Å²) in [4.78, 5) is 14.6. The molecule has 1 amide bonds. The van der Waals surface area contributed by atoms with E-state index in [4.69, 9.17) is 0 Å². The molecule has 0 aromatic rings. The highest BCUT2D eigenvalue weighted by atomic mass is 32.2. The topological polar surface area (TPSA) is 32.3 Å². The molecular weight excluding hydrogens is 268 g/mol. The van der Waals surface area contributed by atoms with Gasteiger partial charge in [0.2, 0.25) is 5.91 Å². The molecule has 3 atom stereocenters. The van der Waals surface area contributed by atoms with Gasteiger partial charge < -0.3 is 10.2 Å². The van der Waals surface area contributed by atoms with Crippen molar-refractivity contribution in [1.29, 1.82) is 0 Å². The Labute approximate surface area is 128 Å². The van der Waals surface area contributed by atoms with E-state index in [0.717, 1.165) is 18.3 Å². The SMILES string of the molecule is CCSC1CCC(NC(C)C(=O)N2CCCCCC2)C1. The molecule has 1 saturated heterocycles. The number of rotatable bonds is 5. The van der Waals surface area contributed by atoms with Gasteiger partial charge in [-0.2, -0.15) is 11.8 Å². The third-order valence-corrected chi connectivity index (χ3v) is 5.79. The molecule has 20 heavy (non-hydrogen) atoms. The number of thioether (sulfide) groups is 1. The maximum Gasteiger partial charge on any atom is 0.239 e. The Hall–Kier alpha value is -0.220. The molecule has 116 valence electrons. The number of nitrogens with one attached hydrogen (secondary N) is 1. The molecule has 2 fully saturated rings. The lowest BCUT2D eigenvalue weighted by molar-refractivity contribution is -0.133. The molecule has 0 radical (unpaired) electrons. The molecule has 1 aliphatic carbocycles. The largest absolute Gasteiger partial charge is 0.341 e. The van der Waals surface area contributed by atoms with Crippen LogP contribution in [0.3, 0.4) is 0 Å². The number of hydrogen-bond donors (Lipinski definition) is 1. The first kappa shape index (κ1) is 16.2. The van der Waals surface area contributed by atoms with Crippen LogP contribution in [0, 0.1) is 0 Å². The highest BCUT2D eigenvalue weighted by molar-refractivity contribution is 7.99. The summed E-state index contributed by atoms with van der Waals surface area (Å²) in [6.45, 7) is 6.21. The Morgan fingerprint density at radius 1 is 1.25 bits per heavy atom. The summed E-state index contributed by atoms with van der Waals surface area (Å²) in [5.41, 5.74) is 0. The molecule has 4 heteroatoms. The number of carbonyl (C=O) groups excluding carboxylic acids is 1. The summed E-state index contributed by atoms with van der Waals surface area (Å²) in [6.07, 6.45) is 8.69. The fraction of sp³-hybridized carbons (Fsp3) is 0.938. The van der Waals surface area contributed by atoms with Crippen LogP contribution in [0.2, 0.25) is 0 Å². The molecule has 0 aromatic heterocycles. The predicted octanol–water partition coefficient (Wildman–Crippen LogP) is 3.04. The molecule has 1 N–H and O–H groups in total. The standard InChI is InChI=1S/C16H30N2OS/c1-3-20-15-9-8-14(12-15)17-13(2)16(19)18-10-6-4-5-7-11-18/h13-15,17H,3-12H2,1-2H3. The number of hydrogen-bond acceptors (Lipinski definition) is 3. The molecule has 0 bridgehead atoms. The lowest BCUT2D eigenvalue weighted by Crippen LogP contribution is -2.48. The van der Waals surface area contributed by atoms with Crippen LogP contribution in [0.25, 0.3) is 0 Å². The monoisotopic (exact) mass is 298 g/mol. The molecule has 1 saturated carbocycles. The first-order valence-corrected chi connectivity index (χ1v) is 9.42. The maximum absolute atomic E-state index is 12.5.